The highest BCUT2D eigenvalue weighted by molar-refractivity contribution is 7.98. The molecule has 2 aromatic rings. The maximum Gasteiger partial charge on any atom is 0.231 e. The Kier molecular flexibility index (Phi) is 3.97. The monoisotopic (exact) mass is 298 g/mol. The van der Waals surface area contributed by atoms with E-state index in [9.17, 15) is 4.79 Å². The maximum atomic E-state index is 12.2. The molecule has 0 N–H and O–H groups in total. The van der Waals surface area contributed by atoms with Crippen LogP contribution in [-0.4, -0.2) is 18.8 Å². The van der Waals surface area contributed by atoms with Crippen molar-refractivity contribution in [1.82, 2.24) is 0 Å². The molecule has 0 amide bonds. The van der Waals surface area contributed by atoms with Gasteiger partial charge in [0.05, 0.1) is 0 Å². The van der Waals surface area contributed by atoms with Crippen LogP contribution < -0.4 is 9.47 Å². The standard InChI is InChI=1S/C17H14O3S/c1-21-14-8-5-12(6-9-14)15(18)10-7-13-3-2-4-16-17(13)20-11-19-16/h2-10H,11H2,1H3/b10-7+. The summed E-state index contributed by atoms with van der Waals surface area (Å²) < 4.78 is 10.7. The first-order valence-electron chi connectivity index (χ1n) is 6.53. The van der Waals surface area contributed by atoms with Crippen LogP contribution in [0.4, 0.5) is 0 Å². The van der Waals surface area contributed by atoms with Gasteiger partial charge in [-0.2, -0.15) is 0 Å². The highest BCUT2D eigenvalue weighted by Crippen LogP contribution is 2.35. The summed E-state index contributed by atoms with van der Waals surface area (Å²) in [5.74, 6) is 1.38. The normalized spacial score (nSPS) is 12.8. The zero-order chi connectivity index (χ0) is 14.7. The topological polar surface area (TPSA) is 35.5 Å². The van der Waals surface area contributed by atoms with Crippen LogP contribution in [-0.2, 0) is 0 Å². The smallest absolute Gasteiger partial charge is 0.231 e. The van der Waals surface area contributed by atoms with E-state index < -0.39 is 0 Å². The van der Waals surface area contributed by atoms with E-state index in [0.29, 0.717) is 17.1 Å². The molecule has 0 fully saturated rings. The molecule has 1 aliphatic rings. The molecular weight excluding hydrogens is 284 g/mol. The third-order valence-electron chi connectivity index (χ3n) is 3.22. The zero-order valence-electron chi connectivity index (χ0n) is 11.5. The van der Waals surface area contributed by atoms with Gasteiger partial charge in [0.25, 0.3) is 0 Å². The number of hydrogen-bond acceptors (Lipinski definition) is 4. The number of benzene rings is 2. The molecule has 106 valence electrons. The quantitative estimate of drug-likeness (QED) is 0.485. The van der Waals surface area contributed by atoms with Crippen molar-refractivity contribution in [2.24, 2.45) is 0 Å². The molecule has 0 aliphatic carbocycles. The largest absolute Gasteiger partial charge is 0.454 e. The molecule has 0 bridgehead atoms. The summed E-state index contributed by atoms with van der Waals surface area (Å²) >= 11 is 1.65. The van der Waals surface area contributed by atoms with Crippen LogP contribution >= 0.6 is 11.8 Å². The minimum absolute atomic E-state index is 0.0285. The van der Waals surface area contributed by atoms with Gasteiger partial charge >= 0.3 is 0 Å². The summed E-state index contributed by atoms with van der Waals surface area (Å²) in [4.78, 5) is 13.3. The highest BCUT2D eigenvalue weighted by atomic mass is 32.2. The van der Waals surface area contributed by atoms with E-state index in [1.807, 2.05) is 48.7 Å². The van der Waals surface area contributed by atoms with E-state index in [1.54, 1.807) is 23.9 Å². The molecule has 1 heterocycles. The van der Waals surface area contributed by atoms with Crippen molar-refractivity contribution >= 4 is 23.6 Å². The molecular formula is C17H14O3S. The van der Waals surface area contributed by atoms with Crippen molar-refractivity contribution < 1.29 is 14.3 Å². The second-order valence-electron chi connectivity index (χ2n) is 4.51. The van der Waals surface area contributed by atoms with Crippen molar-refractivity contribution in [3.8, 4) is 11.5 Å². The Morgan fingerprint density at radius 3 is 2.71 bits per heavy atom. The van der Waals surface area contributed by atoms with E-state index in [4.69, 9.17) is 9.47 Å². The minimum atomic E-state index is -0.0285. The first-order chi connectivity index (χ1) is 10.3. The van der Waals surface area contributed by atoms with Crippen molar-refractivity contribution in [3.63, 3.8) is 0 Å². The molecule has 3 nitrogen and oxygen atoms in total. The predicted molar refractivity (Wildman–Crippen MR) is 84.2 cm³/mol. The number of para-hydroxylation sites is 1. The Bertz CT molecular complexity index is 690. The van der Waals surface area contributed by atoms with Gasteiger partial charge in [0, 0.05) is 16.0 Å². The van der Waals surface area contributed by atoms with Crippen LogP contribution in [0.3, 0.4) is 0 Å². The van der Waals surface area contributed by atoms with Gasteiger partial charge in [0.1, 0.15) is 0 Å². The molecule has 0 saturated carbocycles. The number of rotatable bonds is 4. The number of thioether (sulfide) groups is 1. The van der Waals surface area contributed by atoms with Crippen LogP contribution in [0.1, 0.15) is 15.9 Å². The molecule has 2 aromatic carbocycles. The van der Waals surface area contributed by atoms with Crippen LogP contribution in [0.2, 0.25) is 0 Å². The van der Waals surface area contributed by atoms with E-state index in [1.165, 1.54) is 0 Å². The van der Waals surface area contributed by atoms with Crippen LogP contribution in [0.5, 0.6) is 11.5 Å². The Labute approximate surface area is 127 Å². The SMILES string of the molecule is CSc1ccc(C(=O)/C=C/c2cccc3c2OCO3)cc1. The molecule has 3 rings (SSSR count). The molecule has 0 atom stereocenters. The first-order valence-corrected chi connectivity index (χ1v) is 7.75. The third-order valence-corrected chi connectivity index (χ3v) is 3.96. The predicted octanol–water partition coefficient (Wildman–Crippen LogP) is 4.03. The van der Waals surface area contributed by atoms with Gasteiger partial charge in [-0.05, 0) is 48.7 Å². The van der Waals surface area contributed by atoms with E-state index in [0.717, 1.165) is 10.5 Å². The van der Waals surface area contributed by atoms with Gasteiger partial charge in [-0.15, -0.1) is 11.8 Å². The average molecular weight is 298 g/mol. The van der Waals surface area contributed by atoms with E-state index in [-0.39, 0.29) is 12.6 Å². The Balaban J connectivity index is 1.79. The summed E-state index contributed by atoms with van der Waals surface area (Å²) in [6, 6.07) is 13.2. The van der Waals surface area contributed by atoms with E-state index in [2.05, 4.69) is 0 Å². The van der Waals surface area contributed by atoms with Crippen LogP contribution in [0.15, 0.2) is 53.4 Å². The fourth-order valence-corrected chi connectivity index (χ4v) is 2.51. The Hall–Kier alpha value is -2.20. The first kappa shape index (κ1) is 13.8. The minimum Gasteiger partial charge on any atom is -0.454 e. The Morgan fingerprint density at radius 1 is 1.14 bits per heavy atom. The van der Waals surface area contributed by atoms with Gasteiger partial charge in [0.2, 0.25) is 6.79 Å². The van der Waals surface area contributed by atoms with Gasteiger partial charge < -0.3 is 9.47 Å². The second-order valence-corrected chi connectivity index (χ2v) is 5.39. The number of carbonyl (C=O) groups excluding carboxylic acids is 1. The molecule has 0 spiro atoms. The van der Waals surface area contributed by atoms with Gasteiger partial charge in [-0.3, -0.25) is 4.79 Å². The highest BCUT2D eigenvalue weighted by Gasteiger charge is 2.15. The molecule has 0 aromatic heterocycles. The molecule has 0 saturated heterocycles. The number of ketones is 1. The molecule has 0 unspecified atom stereocenters. The summed E-state index contributed by atoms with van der Waals surface area (Å²) in [6.07, 6.45) is 5.33. The fourth-order valence-electron chi connectivity index (χ4n) is 2.10. The molecule has 4 heteroatoms. The number of ether oxygens (including phenoxy) is 2. The van der Waals surface area contributed by atoms with Crippen LogP contribution in [0, 0.1) is 0 Å². The van der Waals surface area contributed by atoms with Crippen molar-refractivity contribution in [1.29, 1.82) is 0 Å². The average Bonchev–Trinajstić information content (AvgIpc) is 3.02. The lowest BCUT2D eigenvalue weighted by atomic mass is 10.1. The lowest BCUT2D eigenvalue weighted by Gasteiger charge is -2.01. The second kappa shape index (κ2) is 6.06. The molecule has 21 heavy (non-hydrogen) atoms. The fraction of sp³-hybridized carbons (Fsp3) is 0.118. The van der Waals surface area contributed by atoms with Crippen molar-refractivity contribution in [2.45, 2.75) is 4.90 Å². The van der Waals surface area contributed by atoms with Gasteiger partial charge in [-0.25, -0.2) is 0 Å². The number of fused-ring (bicyclic) bond motifs is 1. The molecule has 1 aliphatic heterocycles. The number of hydrogen-bond donors (Lipinski definition) is 0. The van der Waals surface area contributed by atoms with Crippen molar-refractivity contribution in [3.05, 3.63) is 59.7 Å². The van der Waals surface area contributed by atoms with E-state index >= 15 is 0 Å². The maximum absolute atomic E-state index is 12.2. The summed E-state index contributed by atoms with van der Waals surface area (Å²) in [5, 5.41) is 0. The number of allylic oxidation sites excluding steroid dienone is 1. The zero-order valence-corrected chi connectivity index (χ0v) is 12.4. The van der Waals surface area contributed by atoms with Gasteiger partial charge in [0.15, 0.2) is 17.3 Å². The summed E-state index contributed by atoms with van der Waals surface area (Å²) in [6.45, 7) is 0.226. The lowest BCUT2D eigenvalue weighted by molar-refractivity contribution is 0.104. The van der Waals surface area contributed by atoms with Crippen LogP contribution in [0.25, 0.3) is 6.08 Å². The summed E-state index contributed by atoms with van der Waals surface area (Å²) in [7, 11) is 0. The number of carbonyl (C=O) groups is 1. The summed E-state index contributed by atoms with van der Waals surface area (Å²) in [5.41, 5.74) is 1.52. The molecule has 0 radical (unpaired) electrons. The van der Waals surface area contributed by atoms with Gasteiger partial charge in [-0.1, -0.05) is 12.1 Å². The third kappa shape index (κ3) is 2.95. The Morgan fingerprint density at radius 2 is 1.95 bits per heavy atom. The lowest BCUT2D eigenvalue weighted by Crippen LogP contribution is -1.94. The van der Waals surface area contributed by atoms with Crippen molar-refractivity contribution in [2.75, 3.05) is 13.0 Å².